The average Bonchev–Trinajstić information content (AvgIpc) is 2.43. The van der Waals surface area contributed by atoms with Crippen molar-refractivity contribution in [1.29, 1.82) is 0 Å². The van der Waals surface area contributed by atoms with Gasteiger partial charge >= 0.3 is 11.9 Å². The molecule has 96 valence electrons. The lowest BCUT2D eigenvalue weighted by atomic mass is 10.1. The maximum absolute atomic E-state index is 11.2. The molecule has 1 rings (SSSR count). The summed E-state index contributed by atoms with van der Waals surface area (Å²) in [4.78, 5) is 22.4. The van der Waals surface area contributed by atoms with E-state index in [9.17, 15) is 9.59 Å². The SMILES string of the molecule is COC(=O)/C(Cc1ccc(C(=O)OC)cc1)=N\O. The van der Waals surface area contributed by atoms with Gasteiger partial charge in [0.1, 0.15) is 0 Å². The largest absolute Gasteiger partial charge is 0.465 e. The zero-order valence-corrected chi connectivity index (χ0v) is 10.0. The Morgan fingerprint density at radius 2 is 1.78 bits per heavy atom. The van der Waals surface area contributed by atoms with E-state index in [0.717, 1.165) is 0 Å². The molecule has 18 heavy (non-hydrogen) atoms. The van der Waals surface area contributed by atoms with Gasteiger partial charge in [-0.05, 0) is 17.7 Å². The van der Waals surface area contributed by atoms with E-state index in [0.29, 0.717) is 11.1 Å². The summed E-state index contributed by atoms with van der Waals surface area (Å²) in [5.41, 5.74) is 1.01. The monoisotopic (exact) mass is 251 g/mol. The van der Waals surface area contributed by atoms with Gasteiger partial charge in [-0.15, -0.1) is 0 Å². The summed E-state index contributed by atoms with van der Waals surface area (Å²) < 4.78 is 9.01. The molecule has 0 aliphatic heterocycles. The highest BCUT2D eigenvalue weighted by atomic mass is 16.5. The number of ether oxygens (including phenoxy) is 2. The fourth-order valence-corrected chi connectivity index (χ4v) is 1.34. The highest BCUT2D eigenvalue weighted by Gasteiger charge is 2.13. The number of hydrogen-bond acceptors (Lipinski definition) is 6. The third-order valence-electron chi connectivity index (χ3n) is 2.29. The fourth-order valence-electron chi connectivity index (χ4n) is 1.34. The summed E-state index contributed by atoms with van der Waals surface area (Å²) in [5.74, 6) is -1.14. The quantitative estimate of drug-likeness (QED) is 0.373. The van der Waals surface area contributed by atoms with Crippen LogP contribution in [0, 0.1) is 0 Å². The van der Waals surface area contributed by atoms with Gasteiger partial charge in [-0.25, -0.2) is 9.59 Å². The molecule has 0 saturated carbocycles. The van der Waals surface area contributed by atoms with Crippen LogP contribution >= 0.6 is 0 Å². The van der Waals surface area contributed by atoms with Gasteiger partial charge in [-0.2, -0.15) is 0 Å². The number of esters is 2. The fraction of sp³-hybridized carbons (Fsp3) is 0.250. The van der Waals surface area contributed by atoms with Crippen molar-refractivity contribution in [2.75, 3.05) is 14.2 Å². The summed E-state index contributed by atoms with van der Waals surface area (Å²) in [6, 6.07) is 6.40. The maximum Gasteiger partial charge on any atom is 0.356 e. The highest BCUT2D eigenvalue weighted by Crippen LogP contribution is 2.07. The number of hydrogen-bond donors (Lipinski definition) is 1. The minimum Gasteiger partial charge on any atom is -0.465 e. The van der Waals surface area contributed by atoms with Crippen molar-refractivity contribution < 1.29 is 24.3 Å². The predicted molar refractivity (Wildman–Crippen MR) is 62.7 cm³/mol. The molecule has 1 N–H and O–H groups in total. The smallest absolute Gasteiger partial charge is 0.356 e. The van der Waals surface area contributed by atoms with E-state index >= 15 is 0 Å². The van der Waals surface area contributed by atoms with Crippen LogP contribution in [0.4, 0.5) is 0 Å². The van der Waals surface area contributed by atoms with Gasteiger partial charge in [0.15, 0.2) is 5.71 Å². The summed E-state index contributed by atoms with van der Waals surface area (Å²) in [6.07, 6.45) is 0.116. The van der Waals surface area contributed by atoms with Crippen molar-refractivity contribution in [3.63, 3.8) is 0 Å². The second-order valence-electron chi connectivity index (χ2n) is 3.40. The average molecular weight is 251 g/mol. The molecule has 0 aliphatic rings. The summed E-state index contributed by atoms with van der Waals surface area (Å²) in [5, 5.41) is 11.6. The van der Waals surface area contributed by atoms with Crippen LogP contribution in [0.1, 0.15) is 15.9 Å². The molecule has 0 saturated heterocycles. The Morgan fingerprint density at radius 3 is 2.22 bits per heavy atom. The maximum atomic E-state index is 11.2. The second kappa shape index (κ2) is 6.39. The van der Waals surface area contributed by atoms with Crippen LogP contribution in [0.5, 0.6) is 0 Å². The molecule has 0 aliphatic carbocycles. The number of carbonyl (C=O) groups excluding carboxylic acids is 2. The molecule has 6 nitrogen and oxygen atoms in total. The van der Waals surface area contributed by atoms with E-state index in [1.807, 2.05) is 0 Å². The van der Waals surface area contributed by atoms with Crippen LogP contribution in [0.25, 0.3) is 0 Å². The molecule has 1 aromatic rings. The Balaban J connectivity index is 2.80. The van der Waals surface area contributed by atoms with Gasteiger partial charge in [-0.3, -0.25) is 0 Å². The lowest BCUT2D eigenvalue weighted by molar-refractivity contribution is -0.133. The first kappa shape index (κ1) is 13.7. The molecule has 0 unspecified atom stereocenters. The van der Waals surface area contributed by atoms with Crippen LogP contribution in [-0.2, 0) is 20.7 Å². The van der Waals surface area contributed by atoms with Crippen molar-refractivity contribution in [2.45, 2.75) is 6.42 Å². The van der Waals surface area contributed by atoms with E-state index in [1.165, 1.54) is 14.2 Å². The van der Waals surface area contributed by atoms with E-state index in [2.05, 4.69) is 14.6 Å². The topological polar surface area (TPSA) is 85.2 Å². The summed E-state index contributed by atoms with van der Waals surface area (Å²) >= 11 is 0. The summed E-state index contributed by atoms with van der Waals surface area (Å²) in [7, 11) is 2.50. The lowest BCUT2D eigenvalue weighted by Gasteiger charge is -2.04. The summed E-state index contributed by atoms with van der Waals surface area (Å²) in [6.45, 7) is 0. The molecule has 0 atom stereocenters. The predicted octanol–water partition coefficient (Wildman–Crippen LogP) is 1.02. The van der Waals surface area contributed by atoms with E-state index in [4.69, 9.17) is 5.21 Å². The molecule has 0 heterocycles. The Labute approximate surface area is 104 Å². The van der Waals surface area contributed by atoms with Gasteiger partial charge in [-0.1, -0.05) is 17.3 Å². The molecular weight excluding hydrogens is 238 g/mol. The van der Waals surface area contributed by atoms with Gasteiger partial charge in [0.05, 0.1) is 19.8 Å². The van der Waals surface area contributed by atoms with Gasteiger partial charge < -0.3 is 14.7 Å². The molecule has 0 radical (unpaired) electrons. The number of rotatable bonds is 4. The van der Waals surface area contributed by atoms with Crippen molar-refractivity contribution in [3.05, 3.63) is 35.4 Å². The van der Waals surface area contributed by atoms with Crippen LogP contribution in [0.3, 0.4) is 0 Å². The van der Waals surface area contributed by atoms with E-state index in [1.54, 1.807) is 24.3 Å². The van der Waals surface area contributed by atoms with E-state index in [-0.39, 0.29) is 12.1 Å². The van der Waals surface area contributed by atoms with Crippen molar-refractivity contribution in [3.8, 4) is 0 Å². The zero-order chi connectivity index (χ0) is 13.5. The van der Waals surface area contributed by atoms with Crippen LogP contribution in [-0.4, -0.2) is 37.1 Å². The first-order valence-electron chi connectivity index (χ1n) is 5.09. The molecule has 0 bridgehead atoms. The molecule has 0 spiro atoms. The van der Waals surface area contributed by atoms with E-state index < -0.39 is 11.9 Å². The van der Waals surface area contributed by atoms with Crippen LogP contribution in [0.15, 0.2) is 29.4 Å². The van der Waals surface area contributed by atoms with Crippen molar-refractivity contribution >= 4 is 17.7 Å². The Hall–Kier alpha value is -2.37. The third kappa shape index (κ3) is 3.31. The number of oxime groups is 1. The van der Waals surface area contributed by atoms with Gasteiger partial charge in [0, 0.05) is 6.42 Å². The number of benzene rings is 1. The molecule has 0 fully saturated rings. The van der Waals surface area contributed by atoms with Crippen molar-refractivity contribution in [2.24, 2.45) is 5.16 Å². The molecular formula is C12H13NO5. The van der Waals surface area contributed by atoms with Crippen LogP contribution in [0.2, 0.25) is 0 Å². The number of methoxy groups -OCH3 is 2. The third-order valence-corrected chi connectivity index (χ3v) is 2.29. The number of carbonyl (C=O) groups is 2. The Morgan fingerprint density at radius 1 is 1.17 bits per heavy atom. The molecule has 0 amide bonds. The molecule has 1 aromatic carbocycles. The normalized spacial score (nSPS) is 10.9. The Bertz CT molecular complexity index is 464. The standard InChI is InChI=1S/C12H13NO5/c1-17-11(14)9-5-3-8(4-6-9)7-10(13-16)12(15)18-2/h3-6,16H,7H2,1-2H3/b13-10-. The van der Waals surface area contributed by atoms with Crippen molar-refractivity contribution in [1.82, 2.24) is 0 Å². The minimum absolute atomic E-state index is 0.108. The number of nitrogens with zero attached hydrogens (tertiary/aromatic N) is 1. The highest BCUT2D eigenvalue weighted by molar-refractivity contribution is 6.36. The zero-order valence-electron chi connectivity index (χ0n) is 10.0. The minimum atomic E-state index is -0.699. The Kier molecular flexibility index (Phi) is 4.86. The lowest BCUT2D eigenvalue weighted by Crippen LogP contribution is -2.18. The second-order valence-corrected chi connectivity index (χ2v) is 3.40. The van der Waals surface area contributed by atoms with Gasteiger partial charge in [0.25, 0.3) is 0 Å². The van der Waals surface area contributed by atoms with Gasteiger partial charge in [0.2, 0.25) is 0 Å². The first-order chi connectivity index (χ1) is 8.62. The molecule has 0 aromatic heterocycles. The first-order valence-corrected chi connectivity index (χ1v) is 5.09. The van der Waals surface area contributed by atoms with Crippen LogP contribution < -0.4 is 0 Å². The molecule has 6 heteroatoms.